The Morgan fingerprint density at radius 3 is 3.07 bits per heavy atom. The number of carbonyl (C=O) groups excluding carboxylic acids is 1. The van der Waals surface area contributed by atoms with Gasteiger partial charge in [0.25, 0.3) is 5.89 Å². The normalized spacial score (nSPS) is 12.9. The van der Waals surface area contributed by atoms with E-state index in [9.17, 15) is 10.1 Å². The van der Waals surface area contributed by atoms with Crippen LogP contribution in [0, 0.1) is 11.3 Å². The van der Waals surface area contributed by atoms with Gasteiger partial charge >= 0.3 is 0 Å². The zero-order chi connectivity index (χ0) is 20.2. The molecule has 3 aromatic rings. The van der Waals surface area contributed by atoms with Crippen molar-refractivity contribution in [2.24, 2.45) is 0 Å². The largest absolute Gasteiger partial charge is 0.419 e. The van der Waals surface area contributed by atoms with Crippen molar-refractivity contribution < 1.29 is 9.21 Å². The van der Waals surface area contributed by atoms with Crippen LogP contribution in [0.4, 0.5) is 5.00 Å². The van der Waals surface area contributed by atoms with Gasteiger partial charge in [-0.3, -0.25) is 9.69 Å². The highest BCUT2D eigenvalue weighted by atomic mass is 32.1. The predicted octanol–water partition coefficient (Wildman–Crippen LogP) is 4.07. The van der Waals surface area contributed by atoms with E-state index in [1.807, 2.05) is 22.4 Å². The third kappa shape index (κ3) is 4.40. The highest BCUT2D eigenvalue weighted by molar-refractivity contribution is 7.16. The van der Waals surface area contributed by atoms with Gasteiger partial charge in [0.05, 0.1) is 23.5 Å². The molecule has 150 valence electrons. The van der Waals surface area contributed by atoms with E-state index in [2.05, 4.69) is 28.5 Å². The smallest absolute Gasteiger partial charge is 0.257 e. The topological polar surface area (TPSA) is 95.1 Å². The second-order valence-electron chi connectivity index (χ2n) is 6.91. The lowest BCUT2D eigenvalue weighted by molar-refractivity contribution is -0.117. The summed E-state index contributed by atoms with van der Waals surface area (Å²) in [5.74, 6) is 0.859. The molecule has 29 heavy (non-hydrogen) atoms. The van der Waals surface area contributed by atoms with E-state index in [1.165, 1.54) is 16.2 Å². The van der Waals surface area contributed by atoms with Crippen molar-refractivity contribution >= 4 is 33.6 Å². The van der Waals surface area contributed by atoms with Gasteiger partial charge in [-0.1, -0.05) is 13.0 Å². The maximum absolute atomic E-state index is 12.7. The van der Waals surface area contributed by atoms with Crippen LogP contribution in [0.25, 0.3) is 10.8 Å². The third-order valence-electron chi connectivity index (χ3n) is 4.75. The summed E-state index contributed by atoms with van der Waals surface area (Å²) in [7, 11) is 0. The standard InChI is InChI=1S/C20H21N5O2S2/c1-2-8-25(12-18-23-24-19(27-18)16-7-4-9-28-16)11-17(26)22-20-14(10-21)13-5-3-6-15(13)29-20/h4,7,9H,2-3,5-6,8,11-12H2,1H3,(H,22,26). The molecular weight excluding hydrogens is 406 g/mol. The number of carbonyl (C=O) groups is 1. The average molecular weight is 428 g/mol. The van der Waals surface area contributed by atoms with E-state index in [4.69, 9.17) is 4.42 Å². The van der Waals surface area contributed by atoms with Gasteiger partial charge in [0.15, 0.2) is 0 Å². The average Bonchev–Trinajstić information content (AvgIpc) is 3.46. The van der Waals surface area contributed by atoms with Crippen LogP contribution in [-0.4, -0.2) is 34.1 Å². The Hall–Kier alpha value is -2.54. The molecular formula is C20H21N5O2S2. The van der Waals surface area contributed by atoms with Crippen LogP contribution >= 0.6 is 22.7 Å². The fourth-order valence-corrected chi connectivity index (χ4v) is 5.42. The molecule has 7 nitrogen and oxygen atoms in total. The zero-order valence-corrected chi connectivity index (χ0v) is 17.7. The van der Waals surface area contributed by atoms with Crippen LogP contribution in [0.15, 0.2) is 21.9 Å². The molecule has 0 fully saturated rings. The van der Waals surface area contributed by atoms with E-state index in [1.54, 1.807) is 11.3 Å². The molecule has 0 saturated carbocycles. The first-order valence-corrected chi connectivity index (χ1v) is 11.3. The molecule has 0 spiro atoms. The lowest BCUT2D eigenvalue weighted by Gasteiger charge is -2.19. The molecule has 0 aromatic carbocycles. The van der Waals surface area contributed by atoms with Crippen LogP contribution in [0.1, 0.15) is 41.7 Å². The molecule has 3 heterocycles. The van der Waals surface area contributed by atoms with Gasteiger partial charge in [-0.05, 0) is 49.2 Å². The number of rotatable bonds is 8. The minimum atomic E-state index is -0.132. The van der Waals surface area contributed by atoms with Gasteiger partial charge < -0.3 is 9.73 Å². The van der Waals surface area contributed by atoms with Gasteiger partial charge in [-0.2, -0.15) is 5.26 Å². The molecule has 0 unspecified atom stereocenters. The van der Waals surface area contributed by atoms with Gasteiger partial charge in [-0.15, -0.1) is 32.9 Å². The van der Waals surface area contributed by atoms with Crippen LogP contribution in [0.5, 0.6) is 0 Å². The minimum Gasteiger partial charge on any atom is -0.419 e. The molecule has 1 aliphatic carbocycles. The summed E-state index contributed by atoms with van der Waals surface area (Å²) in [6, 6.07) is 6.14. The number of hydrogen-bond donors (Lipinski definition) is 1. The van der Waals surface area contributed by atoms with E-state index in [-0.39, 0.29) is 12.5 Å². The molecule has 1 aliphatic rings. The van der Waals surface area contributed by atoms with E-state index in [0.717, 1.165) is 42.7 Å². The van der Waals surface area contributed by atoms with Crippen LogP contribution < -0.4 is 5.32 Å². The second kappa shape index (κ2) is 8.86. The summed E-state index contributed by atoms with van der Waals surface area (Å²) in [6.07, 6.45) is 3.91. The van der Waals surface area contributed by atoms with Crippen LogP contribution in [0.2, 0.25) is 0 Å². The fraction of sp³-hybridized carbons (Fsp3) is 0.400. The quantitative estimate of drug-likeness (QED) is 0.582. The highest BCUT2D eigenvalue weighted by Crippen LogP contribution is 2.38. The minimum absolute atomic E-state index is 0.132. The van der Waals surface area contributed by atoms with E-state index >= 15 is 0 Å². The van der Waals surface area contributed by atoms with Gasteiger partial charge in [0.2, 0.25) is 11.8 Å². The van der Waals surface area contributed by atoms with Crippen molar-refractivity contribution in [2.45, 2.75) is 39.2 Å². The van der Waals surface area contributed by atoms with Crippen molar-refractivity contribution in [2.75, 3.05) is 18.4 Å². The molecule has 4 rings (SSSR count). The second-order valence-corrected chi connectivity index (χ2v) is 8.96. The van der Waals surface area contributed by atoms with Crippen molar-refractivity contribution in [3.8, 4) is 16.8 Å². The van der Waals surface area contributed by atoms with Gasteiger partial charge in [-0.25, -0.2) is 0 Å². The summed E-state index contributed by atoms with van der Waals surface area (Å²) in [5, 5.41) is 23.3. The van der Waals surface area contributed by atoms with Crippen LogP contribution in [-0.2, 0) is 24.2 Å². The Labute approximate surface area is 177 Å². The van der Waals surface area contributed by atoms with Gasteiger partial charge in [0.1, 0.15) is 11.1 Å². The summed E-state index contributed by atoms with van der Waals surface area (Å²) >= 11 is 3.08. The molecule has 0 saturated heterocycles. The number of aromatic nitrogens is 2. The summed E-state index contributed by atoms with van der Waals surface area (Å²) in [5.41, 5.74) is 1.75. The van der Waals surface area contributed by atoms with Crippen molar-refractivity contribution in [1.82, 2.24) is 15.1 Å². The number of amides is 1. The number of thiophene rings is 2. The zero-order valence-electron chi connectivity index (χ0n) is 16.1. The molecule has 0 radical (unpaired) electrons. The fourth-order valence-electron chi connectivity index (χ4n) is 3.52. The Balaban J connectivity index is 1.41. The monoisotopic (exact) mass is 427 g/mol. The molecule has 0 bridgehead atoms. The first-order chi connectivity index (χ1) is 14.2. The van der Waals surface area contributed by atoms with Crippen LogP contribution in [0.3, 0.4) is 0 Å². The highest BCUT2D eigenvalue weighted by Gasteiger charge is 2.24. The van der Waals surface area contributed by atoms with Crippen molar-refractivity contribution in [3.05, 3.63) is 39.4 Å². The number of fused-ring (bicyclic) bond motifs is 1. The molecule has 3 aromatic heterocycles. The Morgan fingerprint density at radius 2 is 2.31 bits per heavy atom. The molecule has 0 atom stereocenters. The number of anilines is 1. The molecule has 0 aliphatic heterocycles. The number of hydrogen-bond acceptors (Lipinski definition) is 8. The lowest BCUT2D eigenvalue weighted by Crippen LogP contribution is -2.33. The summed E-state index contributed by atoms with van der Waals surface area (Å²) < 4.78 is 5.76. The van der Waals surface area contributed by atoms with E-state index < -0.39 is 0 Å². The number of nitrogens with one attached hydrogen (secondary N) is 1. The molecule has 1 amide bonds. The SMILES string of the molecule is CCCN(CC(=O)Nc1sc2c(c1C#N)CCC2)Cc1nnc(-c2cccs2)o1. The summed E-state index contributed by atoms with van der Waals surface area (Å²) in [6.45, 7) is 3.41. The maximum atomic E-state index is 12.7. The Bertz CT molecular complexity index is 1030. The number of nitriles is 1. The third-order valence-corrected chi connectivity index (χ3v) is 6.82. The number of aryl methyl sites for hydroxylation is 1. The lowest BCUT2D eigenvalue weighted by atomic mass is 10.1. The predicted molar refractivity (Wildman–Crippen MR) is 113 cm³/mol. The van der Waals surface area contributed by atoms with Gasteiger partial charge in [0, 0.05) is 4.88 Å². The first-order valence-electron chi connectivity index (χ1n) is 9.61. The Kier molecular flexibility index (Phi) is 6.04. The molecule has 9 heteroatoms. The Morgan fingerprint density at radius 1 is 1.41 bits per heavy atom. The maximum Gasteiger partial charge on any atom is 0.257 e. The number of nitrogens with zero attached hydrogens (tertiary/aromatic N) is 4. The van der Waals surface area contributed by atoms with Crippen molar-refractivity contribution in [3.63, 3.8) is 0 Å². The van der Waals surface area contributed by atoms with Crippen molar-refractivity contribution in [1.29, 1.82) is 5.26 Å². The first kappa shape index (κ1) is 19.8. The summed E-state index contributed by atoms with van der Waals surface area (Å²) in [4.78, 5) is 16.8. The molecule has 1 N–H and O–H groups in total. The van der Waals surface area contributed by atoms with E-state index in [0.29, 0.717) is 28.9 Å².